The van der Waals surface area contributed by atoms with E-state index in [-0.39, 0.29) is 17.7 Å². The van der Waals surface area contributed by atoms with E-state index < -0.39 is 35.8 Å². The molecule has 166 valence electrons. The predicted octanol–water partition coefficient (Wildman–Crippen LogP) is 1.96. The molecule has 0 saturated carbocycles. The number of hydrogen-bond donors (Lipinski definition) is 1. The van der Waals surface area contributed by atoms with Gasteiger partial charge in [-0.25, -0.2) is 13.9 Å². The SMILES string of the molecule is COC(=O)[C@@H](Cc1ccccc1)NC(=O)Cn1nc(-c2ccc(OC)cc2F)ccc1=O. The second kappa shape index (κ2) is 10.3. The lowest BCUT2D eigenvalue weighted by molar-refractivity contribution is -0.145. The topological polar surface area (TPSA) is 99.5 Å². The summed E-state index contributed by atoms with van der Waals surface area (Å²) in [7, 11) is 2.65. The molecule has 2 aromatic carbocycles. The molecule has 0 bridgehead atoms. The van der Waals surface area contributed by atoms with E-state index in [9.17, 15) is 18.8 Å². The molecule has 9 heteroatoms. The van der Waals surface area contributed by atoms with Gasteiger partial charge in [0.25, 0.3) is 5.56 Å². The zero-order valence-electron chi connectivity index (χ0n) is 17.6. The number of carbonyl (C=O) groups excluding carboxylic acids is 2. The quantitative estimate of drug-likeness (QED) is 0.539. The van der Waals surface area contributed by atoms with Crippen LogP contribution in [0, 0.1) is 5.82 Å². The lowest BCUT2D eigenvalue weighted by Gasteiger charge is -2.17. The van der Waals surface area contributed by atoms with Gasteiger partial charge in [0.05, 0.1) is 19.9 Å². The van der Waals surface area contributed by atoms with Crippen LogP contribution in [0.5, 0.6) is 5.75 Å². The molecule has 1 heterocycles. The van der Waals surface area contributed by atoms with Gasteiger partial charge in [-0.15, -0.1) is 0 Å². The molecule has 0 aliphatic heterocycles. The summed E-state index contributed by atoms with van der Waals surface area (Å²) < 4.78 is 25.1. The van der Waals surface area contributed by atoms with Crippen molar-refractivity contribution in [2.75, 3.05) is 14.2 Å². The molecule has 3 rings (SSSR count). The molecule has 1 N–H and O–H groups in total. The fraction of sp³-hybridized carbons (Fsp3) is 0.217. The first-order valence-corrected chi connectivity index (χ1v) is 9.74. The second-order valence-electron chi connectivity index (χ2n) is 6.89. The minimum atomic E-state index is -0.937. The Morgan fingerprint density at radius 2 is 1.84 bits per heavy atom. The smallest absolute Gasteiger partial charge is 0.328 e. The van der Waals surface area contributed by atoms with Gasteiger partial charge in [0, 0.05) is 24.1 Å². The third-order valence-electron chi connectivity index (χ3n) is 4.72. The van der Waals surface area contributed by atoms with Crippen LogP contribution in [-0.2, 0) is 27.3 Å². The number of halogens is 1. The van der Waals surface area contributed by atoms with E-state index in [2.05, 4.69) is 10.4 Å². The predicted molar refractivity (Wildman–Crippen MR) is 115 cm³/mol. The molecule has 32 heavy (non-hydrogen) atoms. The molecule has 3 aromatic rings. The van der Waals surface area contributed by atoms with E-state index in [0.29, 0.717) is 5.75 Å². The lowest BCUT2D eigenvalue weighted by atomic mass is 10.1. The average Bonchev–Trinajstić information content (AvgIpc) is 2.80. The van der Waals surface area contributed by atoms with Crippen molar-refractivity contribution in [1.82, 2.24) is 15.1 Å². The van der Waals surface area contributed by atoms with Crippen LogP contribution >= 0.6 is 0 Å². The van der Waals surface area contributed by atoms with Crippen LogP contribution in [-0.4, -0.2) is 41.9 Å². The Morgan fingerprint density at radius 3 is 2.50 bits per heavy atom. The summed E-state index contributed by atoms with van der Waals surface area (Å²) in [6.07, 6.45) is 0.221. The highest BCUT2D eigenvalue weighted by atomic mass is 19.1. The monoisotopic (exact) mass is 439 g/mol. The highest BCUT2D eigenvalue weighted by Crippen LogP contribution is 2.24. The number of amides is 1. The Bertz CT molecular complexity index is 1160. The standard InChI is InChI=1S/C23H22FN3O5/c1-31-16-8-9-17(18(24)13-16)19-10-11-22(29)27(26-19)14-21(28)25-20(23(30)32-2)12-15-6-4-3-5-7-15/h3-11,13,20H,12,14H2,1-2H3,(H,25,28)/t20-/m1/s1. The zero-order chi connectivity index (χ0) is 23.1. The van der Waals surface area contributed by atoms with Gasteiger partial charge in [0.2, 0.25) is 5.91 Å². The van der Waals surface area contributed by atoms with Crippen LogP contribution < -0.4 is 15.6 Å². The van der Waals surface area contributed by atoms with Crippen molar-refractivity contribution in [2.24, 2.45) is 0 Å². The maximum absolute atomic E-state index is 14.4. The highest BCUT2D eigenvalue weighted by Gasteiger charge is 2.22. The summed E-state index contributed by atoms with van der Waals surface area (Å²) in [6, 6.07) is 15.0. The molecule has 0 unspecified atom stereocenters. The van der Waals surface area contributed by atoms with Crippen molar-refractivity contribution >= 4 is 11.9 Å². The van der Waals surface area contributed by atoms with Crippen molar-refractivity contribution in [3.05, 3.63) is 82.4 Å². The fourth-order valence-electron chi connectivity index (χ4n) is 3.10. The fourth-order valence-corrected chi connectivity index (χ4v) is 3.10. The summed E-state index contributed by atoms with van der Waals surface area (Å²) in [6.45, 7) is -0.452. The Hall–Kier alpha value is -4.01. The molecule has 0 aliphatic rings. The average molecular weight is 439 g/mol. The summed E-state index contributed by atoms with van der Waals surface area (Å²) in [5.74, 6) is -1.47. The molecule has 1 aromatic heterocycles. The summed E-state index contributed by atoms with van der Waals surface area (Å²) >= 11 is 0. The van der Waals surface area contributed by atoms with Gasteiger partial charge in [0.15, 0.2) is 0 Å². The Balaban J connectivity index is 1.78. The first kappa shape index (κ1) is 22.7. The zero-order valence-corrected chi connectivity index (χ0v) is 17.6. The number of nitrogens with zero attached hydrogens (tertiary/aromatic N) is 2. The molecule has 0 radical (unpaired) electrons. The van der Waals surface area contributed by atoms with Gasteiger partial charge >= 0.3 is 5.97 Å². The van der Waals surface area contributed by atoms with E-state index in [4.69, 9.17) is 9.47 Å². The molecule has 8 nitrogen and oxygen atoms in total. The van der Waals surface area contributed by atoms with E-state index in [1.807, 2.05) is 30.3 Å². The first-order chi connectivity index (χ1) is 15.4. The number of esters is 1. The van der Waals surface area contributed by atoms with Crippen LogP contribution in [0.1, 0.15) is 5.56 Å². The molecular weight excluding hydrogens is 417 g/mol. The van der Waals surface area contributed by atoms with Crippen molar-refractivity contribution in [3.63, 3.8) is 0 Å². The van der Waals surface area contributed by atoms with Gasteiger partial charge in [-0.2, -0.15) is 5.10 Å². The third kappa shape index (κ3) is 5.57. The lowest BCUT2D eigenvalue weighted by Crippen LogP contribution is -2.45. The van der Waals surface area contributed by atoms with Crippen LogP contribution in [0.25, 0.3) is 11.3 Å². The molecule has 1 amide bonds. The number of aromatic nitrogens is 2. The summed E-state index contributed by atoms with van der Waals surface area (Å²) in [4.78, 5) is 36.9. The van der Waals surface area contributed by atoms with Crippen LogP contribution in [0.4, 0.5) is 4.39 Å². The number of carbonyl (C=O) groups is 2. The second-order valence-corrected chi connectivity index (χ2v) is 6.89. The minimum absolute atomic E-state index is 0.150. The summed E-state index contributed by atoms with van der Waals surface area (Å²) in [5, 5.41) is 6.68. The van der Waals surface area contributed by atoms with E-state index in [1.54, 1.807) is 6.07 Å². The van der Waals surface area contributed by atoms with E-state index in [0.717, 1.165) is 10.2 Å². The van der Waals surface area contributed by atoms with Crippen molar-refractivity contribution < 1.29 is 23.5 Å². The number of nitrogens with one attached hydrogen (secondary N) is 1. The van der Waals surface area contributed by atoms with Crippen LogP contribution in [0.15, 0.2) is 65.5 Å². The van der Waals surface area contributed by atoms with Crippen LogP contribution in [0.3, 0.4) is 0 Å². The maximum atomic E-state index is 14.4. The number of ether oxygens (including phenoxy) is 2. The number of rotatable bonds is 8. The van der Waals surface area contributed by atoms with Crippen molar-refractivity contribution in [3.8, 4) is 17.0 Å². The van der Waals surface area contributed by atoms with Gasteiger partial charge in [-0.3, -0.25) is 9.59 Å². The maximum Gasteiger partial charge on any atom is 0.328 e. The highest BCUT2D eigenvalue weighted by molar-refractivity contribution is 5.84. The molecule has 0 fully saturated rings. The summed E-state index contributed by atoms with van der Waals surface area (Å²) in [5.41, 5.74) is 0.605. The number of hydrogen-bond acceptors (Lipinski definition) is 6. The molecule has 0 aliphatic carbocycles. The number of methoxy groups -OCH3 is 2. The Labute approximate surface area is 183 Å². The molecule has 0 saturated heterocycles. The van der Waals surface area contributed by atoms with Crippen molar-refractivity contribution in [1.29, 1.82) is 0 Å². The first-order valence-electron chi connectivity index (χ1n) is 9.74. The van der Waals surface area contributed by atoms with E-state index in [1.165, 1.54) is 38.5 Å². The molecule has 0 spiro atoms. The number of benzene rings is 2. The Morgan fingerprint density at radius 1 is 1.09 bits per heavy atom. The molecular formula is C23H22FN3O5. The van der Waals surface area contributed by atoms with Gasteiger partial charge < -0.3 is 14.8 Å². The van der Waals surface area contributed by atoms with Crippen molar-refractivity contribution in [2.45, 2.75) is 19.0 Å². The minimum Gasteiger partial charge on any atom is -0.497 e. The van der Waals surface area contributed by atoms with E-state index >= 15 is 0 Å². The molecule has 1 atom stereocenters. The third-order valence-corrected chi connectivity index (χ3v) is 4.72. The van der Waals surface area contributed by atoms with Gasteiger partial charge in [-0.05, 0) is 23.8 Å². The Kier molecular flexibility index (Phi) is 7.33. The van der Waals surface area contributed by atoms with Gasteiger partial charge in [-0.1, -0.05) is 30.3 Å². The largest absolute Gasteiger partial charge is 0.497 e. The normalized spacial score (nSPS) is 11.5. The van der Waals surface area contributed by atoms with Crippen LogP contribution in [0.2, 0.25) is 0 Å². The van der Waals surface area contributed by atoms with Gasteiger partial charge in [0.1, 0.15) is 24.2 Å².